The molecule has 2 rings (SSSR count). The minimum Gasteiger partial charge on any atom is -0.481 e. The lowest BCUT2D eigenvalue weighted by atomic mass is 9.74. The summed E-state index contributed by atoms with van der Waals surface area (Å²) in [7, 11) is 0. The Bertz CT molecular complexity index is 531. The Hall–Kier alpha value is -1.70. The van der Waals surface area contributed by atoms with Crippen molar-refractivity contribution in [2.75, 3.05) is 5.32 Å². The minimum absolute atomic E-state index is 0.0676. The van der Waals surface area contributed by atoms with E-state index < -0.39 is 16.4 Å². The van der Waals surface area contributed by atoms with Crippen LogP contribution in [0.1, 0.15) is 25.7 Å². The first-order valence-electron chi connectivity index (χ1n) is 5.72. The molecule has 1 fully saturated rings. The van der Waals surface area contributed by atoms with Gasteiger partial charge >= 0.3 is 11.7 Å². The van der Waals surface area contributed by atoms with E-state index in [0.29, 0.717) is 17.3 Å². The van der Waals surface area contributed by atoms with E-state index in [9.17, 15) is 14.9 Å². The maximum absolute atomic E-state index is 11.0. The third kappa shape index (κ3) is 3.01. The summed E-state index contributed by atoms with van der Waals surface area (Å²) >= 11 is 3.13. The van der Waals surface area contributed by atoms with Crippen LogP contribution in [-0.2, 0) is 4.79 Å². The molecule has 102 valence electrons. The third-order valence-electron chi connectivity index (χ3n) is 3.21. The zero-order valence-corrected chi connectivity index (χ0v) is 11.5. The lowest BCUT2D eigenvalue weighted by Crippen LogP contribution is -2.47. The fourth-order valence-corrected chi connectivity index (χ4v) is 2.47. The number of carboxylic acid groups (broad SMARTS) is 1. The maximum atomic E-state index is 11.0. The van der Waals surface area contributed by atoms with Crippen molar-refractivity contribution in [1.29, 1.82) is 0 Å². The lowest BCUT2D eigenvalue weighted by Gasteiger charge is -2.41. The SMILES string of the molecule is O=C(O)CC1(Nc2ncc(Br)cc2[N+](=O)[O-])CCC1. The van der Waals surface area contributed by atoms with Crippen molar-refractivity contribution in [2.45, 2.75) is 31.2 Å². The first-order valence-corrected chi connectivity index (χ1v) is 6.51. The molecule has 0 aromatic carbocycles. The molecular formula is C11H12BrN3O4. The van der Waals surface area contributed by atoms with Crippen molar-refractivity contribution in [1.82, 2.24) is 4.98 Å². The quantitative estimate of drug-likeness (QED) is 0.635. The van der Waals surface area contributed by atoms with E-state index in [-0.39, 0.29) is 17.9 Å². The van der Waals surface area contributed by atoms with Crippen LogP contribution in [0.5, 0.6) is 0 Å². The summed E-state index contributed by atoms with van der Waals surface area (Å²) in [6, 6.07) is 1.35. The van der Waals surface area contributed by atoms with Crippen molar-refractivity contribution in [3.05, 3.63) is 26.9 Å². The molecule has 0 spiro atoms. The molecule has 1 aliphatic rings. The molecule has 1 heterocycles. The Kier molecular flexibility index (Phi) is 3.70. The number of hydrogen-bond donors (Lipinski definition) is 2. The summed E-state index contributed by atoms with van der Waals surface area (Å²) < 4.78 is 0.505. The molecule has 1 aliphatic carbocycles. The van der Waals surface area contributed by atoms with Gasteiger partial charge in [0, 0.05) is 22.3 Å². The molecule has 0 unspecified atom stereocenters. The van der Waals surface area contributed by atoms with Crippen molar-refractivity contribution in [2.24, 2.45) is 0 Å². The number of carboxylic acids is 1. The van der Waals surface area contributed by atoms with E-state index in [0.717, 1.165) is 6.42 Å². The monoisotopic (exact) mass is 329 g/mol. The highest BCUT2D eigenvalue weighted by molar-refractivity contribution is 9.10. The van der Waals surface area contributed by atoms with E-state index in [4.69, 9.17) is 5.11 Å². The number of nitro groups is 1. The van der Waals surface area contributed by atoms with Gasteiger partial charge in [-0.05, 0) is 35.2 Å². The predicted octanol–water partition coefficient (Wildman–Crippen LogP) is 2.56. The number of carbonyl (C=O) groups is 1. The lowest BCUT2D eigenvalue weighted by molar-refractivity contribution is -0.384. The number of aliphatic carboxylic acids is 1. The number of nitrogens with zero attached hydrogens (tertiary/aromatic N) is 2. The molecule has 0 bridgehead atoms. The zero-order chi connectivity index (χ0) is 14.0. The van der Waals surface area contributed by atoms with E-state index in [1.807, 2.05) is 0 Å². The van der Waals surface area contributed by atoms with Crippen molar-refractivity contribution in [3.8, 4) is 0 Å². The summed E-state index contributed by atoms with van der Waals surface area (Å²) in [5, 5.41) is 22.8. The predicted molar refractivity (Wildman–Crippen MR) is 71.0 cm³/mol. The average Bonchev–Trinajstić information content (AvgIpc) is 2.27. The average molecular weight is 330 g/mol. The topological polar surface area (TPSA) is 105 Å². The Morgan fingerprint density at radius 3 is 2.79 bits per heavy atom. The zero-order valence-electron chi connectivity index (χ0n) is 9.93. The molecule has 19 heavy (non-hydrogen) atoms. The van der Waals surface area contributed by atoms with Gasteiger partial charge in [-0.15, -0.1) is 0 Å². The summed E-state index contributed by atoms with van der Waals surface area (Å²) in [5.41, 5.74) is -0.775. The Balaban J connectivity index is 2.27. The molecule has 7 nitrogen and oxygen atoms in total. The van der Waals surface area contributed by atoms with Gasteiger partial charge in [0.1, 0.15) is 0 Å². The molecule has 0 saturated heterocycles. The van der Waals surface area contributed by atoms with Gasteiger partial charge in [-0.1, -0.05) is 0 Å². The second-order valence-electron chi connectivity index (χ2n) is 4.61. The summed E-state index contributed by atoms with van der Waals surface area (Å²) in [4.78, 5) is 25.3. The summed E-state index contributed by atoms with van der Waals surface area (Å²) in [6.45, 7) is 0. The first kappa shape index (κ1) is 13.7. The number of anilines is 1. The van der Waals surface area contributed by atoms with Gasteiger partial charge in [-0.25, -0.2) is 4.98 Å². The smallest absolute Gasteiger partial charge is 0.312 e. The Morgan fingerprint density at radius 1 is 1.63 bits per heavy atom. The molecule has 1 aromatic rings. The summed E-state index contributed by atoms with van der Waals surface area (Å²) in [6.07, 6.45) is 3.64. The molecule has 2 N–H and O–H groups in total. The van der Waals surface area contributed by atoms with Crippen LogP contribution in [0.25, 0.3) is 0 Å². The largest absolute Gasteiger partial charge is 0.481 e. The molecule has 1 aromatic heterocycles. The normalized spacial score (nSPS) is 16.5. The number of halogens is 1. The number of pyridine rings is 1. The van der Waals surface area contributed by atoms with Crippen molar-refractivity contribution in [3.63, 3.8) is 0 Å². The standard InChI is InChI=1S/C11H12BrN3O4/c12-7-4-8(15(18)19)10(13-6-7)14-11(2-1-3-11)5-9(16)17/h4,6H,1-3,5H2,(H,13,14)(H,16,17). The molecule has 0 atom stereocenters. The van der Waals surface area contributed by atoms with Crippen LogP contribution in [0, 0.1) is 10.1 Å². The van der Waals surface area contributed by atoms with Gasteiger partial charge in [0.2, 0.25) is 5.82 Å². The van der Waals surface area contributed by atoms with Crippen LogP contribution < -0.4 is 5.32 Å². The number of aromatic nitrogens is 1. The molecule has 8 heteroatoms. The van der Waals surface area contributed by atoms with Gasteiger partial charge < -0.3 is 10.4 Å². The molecule has 0 amide bonds. The minimum atomic E-state index is -0.924. The van der Waals surface area contributed by atoms with Crippen molar-refractivity contribution < 1.29 is 14.8 Å². The Labute approximate surface area is 117 Å². The van der Waals surface area contributed by atoms with E-state index in [1.165, 1.54) is 12.3 Å². The van der Waals surface area contributed by atoms with Crippen LogP contribution in [0.15, 0.2) is 16.7 Å². The first-order chi connectivity index (χ1) is 8.92. The molecular weight excluding hydrogens is 318 g/mol. The highest BCUT2D eigenvalue weighted by Crippen LogP contribution is 2.39. The molecule has 1 saturated carbocycles. The van der Waals surface area contributed by atoms with Gasteiger partial charge in [-0.2, -0.15) is 0 Å². The van der Waals surface area contributed by atoms with E-state index in [2.05, 4.69) is 26.2 Å². The van der Waals surface area contributed by atoms with Gasteiger partial charge in [0.05, 0.1) is 11.3 Å². The van der Waals surface area contributed by atoms with Crippen LogP contribution in [-0.4, -0.2) is 26.5 Å². The highest BCUT2D eigenvalue weighted by Gasteiger charge is 2.40. The van der Waals surface area contributed by atoms with E-state index in [1.54, 1.807) is 0 Å². The fourth-order valence-electron chi connectivity index (χ4n) is 2.15. The molecule has 0 aliphatic heterocycles. The van der Waals surface area contributed by atoms with Crippen LogP contribution in [0.4, 0.5) is 11.5 Å². The maximum Gasteiger partial charge on any atom is 0.312 e. The van der Waals surface area contributed by atoms with Crippen LogP contribution in [0.2, 0.25) is 0 Å². The van der Waals surface area contributed by atoms with E-state index >= 15 is 0 Å². The third-order valence-corrected chi connectivity index (χ3v) is 3.65. The fraction of sp³-hybridized carbons (Fsp3) is 0.455. The van der Waals surface area contributed by atoms with Crippen LogP contribution >= 0.6 is 15.9 Å². The van der Waals surface area contributed by atoms with Gasteiger partial charge in [0.15, 0.2) is 0 Å². The van der Waals surface area contributed by atoms with Crippen LogP contribution in [0.3, 0.4) is 0 Å². The second kappa shape index (κ2) is 5.12. The number of rotatable bonds is 5. The number of nitrogens with one attached hydrogen (secondary N) is 1. The van der Waals surface area contributed by atoms with Gasteiger partial charge in [-0.3, -0.25) is 14.9 Å². The molecule has 0 radical (unpaired) electrons. The summed E-state index contributed by atoms with van der Waals surface area (Å²) in [5.74, 6) is -0.805. The Morgan fingerprint density at radius 2 is 2.32 bits per heavy atom. The van der Waals surface area contributed by atoms with Crippen molar-refractivity contribution >= 4 is 33.4 Å². The number of hydrogen-bond acceptors (Lipinski definition) is 5. The second-order valence-corrected chi connectivity index (χ2v) is 5.52. The highest BCUT2D eigenvalue weighted by atomic mass is 79.9. The van der Waals surface area contributed by atoms with Gasteiger partial charge in [0.25, 0.3) is 0 Å².